The fourth-order valence-electron chi connectivity index (χ4n) is 2.19. The molecule has 1 atom stereocenters. The molecule has 3 N–H and O–H groups in total. The molecule has 152 valence electrons. The van der Waals surface area contributed by atoms with Crippen molar-refractivity contribution in [1.29, 1.82) is 0 Å². The van der Waals surface area contributed by atoms with Gasteiger partial charge in [-0.25, -0.2) is 0 Å². The number of carbonyl (C=O) groups is 2. The summed E-state index contributed by atoms with van der Waals surface area (Å²) in [6.07, 6.45) is 1.68. The molecule has 29 heavy (non-hydrogen) atoms. The topological polar surface area (TPSA) is 93.3 Å². The number of carboxylic acid groups (broad SMARTS) is 1. The summed E-state index contributed by atoms with van der Waals surface area (Å²) >= 11 is 22.9. The lowest BCUT2D eigenvalue weighted by atomic mass is 10.2. The van der Waals surface area contributed by atoms with Gasteiger partial charge in [-0.3, -0.25) is 4.79 Å². The van der Waals surface area contributed by atoms with E-state index in [1.807, 2.05) is 30.3 Å². The maximum Gasteiger partial charge on any atom is 0.245 e. The first-order valence-corrected chi connectivity index (χ1v) is 9.69. The number of nitrogens with one attached hydrogen (secondary N) is 3. The molecule has 0 aliphatic heterocycles. The van der Waals surface area contributed by atoms with Gasteiger partial charge < -0.3 is 25.9 Å². The van der Waals surface area contributed by atoms with Crippen molar-refractivity contribution in [2.75, 3.05) is 5.32 Å². The highest BCUT2D eigenvalue weighted by Crippen LogP contribution is 2.29. The lowest BCUT2D eigenvalue weighted by Crippen LogP contribution is -2.55. The third-order valence-corrected chi connectivity index (χ3v) is 4.39. The minimum absolute atomic E-state index is 0.0673. The number of hydrogen-bond donors (Lipinski definition) is 3. The van der Waals surface area contributed by atoms with E-state index >= 15 is 0 Å². The SMILES string of the molecule is O=C(/C=C/c1ccccc1)N[C@@H](NC(=S)Nc1ccccc1C(=O)[O-])C(Cl)(Cl)Cl. The van der Waals surface area contributed by atoms with Crippen LogP contribution >= 0.6 is 47.0 Å². The van der Waals surface area contributed by atoms with E-state index in [4.69, 9.17) is 47.0 Å². The van der Waals surface area contributed by atoms with E-state index in [9.17, 15) is 14.7 Å². The number of halogens is 3. The van der Waals surface area contributed by atoms with Crippen molar-refractivity contribution in [1.82, 2.24) is 10.6 Å². The predicted molar refractivity (Wildman–Crippen MR) is 118 cm³/mol. The molecule has 0 unspecified atom stereocenters. The van der Waals surface area contributed by atoms with Gasteiger partial charge in [0.1, 0.15) is 6.17 Å². The Bertz CT molecular complexity index is 918. The van der Waals surface area contributed by atoms with Crippen LogP contribution in [0, 0.1) is 0 Å². The number of alkyl halides is 3. The van der Waals surface area contributed by atoms with E-state index in [-0.39, 0.29) is 16.4 Å². The Hall–Kier alpha value is -2.32. The number of hydrogen-bond acceptors (Lipinski definition) is 4. The highest BCUT2D eigenvalue weighted by Gasteiger charge is 2.34. The summed E-state index contributed by atoms with van der Waals surface area (Å²) in [4.78, 5) is 23.4. The maximum atomic E-state index is 12.2. The van der Waals surface area contributed by atoms with Crippen molar-refractivity contribution >= 4 is 75.8 Å². The van der Waals surface area contributed by atoms with Crippen molar-refractivity contribution < 1.29 is 14.7 Å². The molecule has 0 bridgehead atoms. The standard InChI is InChI=1S/C19H16Cl3N3O3S/c20-19(21,22)17(24-15(26)11-10-12-6-2-1-3-7-12)25-18(29)23-14-9-5-4-8-13(14)16(27)28/h1-11,17H,(H,24,26)(H,27,28)(H2,23,25,29)/p-1/b11-10+/t17-/m0/s1. The molecule has 0 aliphatic rings. The molecule has 0 spiro atoms. The van der Waals surface area contributed by atoms with Gasteiger partial charge in [0.25, 0.3) is 0 Å². The number of carbonyl (C=O) groups excluding carboxylic acids is 2. The van der Waals surface area contributed by atoms with Gasteiger partial charge in [-0.05, 0) is 29.9 Å². The first-order chi connectivity index (χ1) is 13.7. The fourth-order valence-corrected chi connectivity index (χ4v) is 2.74. The van der Waals surface area contributed by atoms with Crippen molar-refractivity contribution in [3.8, 4) is 0 Å². The Labute approximate surface area is 187 Å². The van der Waals surface area contributed by atoms with Crippen LogP contribution in [0.4, 0.5) is 5.69 Å². The number of anilines is 1. The van der Waals surface area contributed by atoms with Gasteiger partial charge in [-0.15, -0.1) is 0 Å². The van der Waals surface area contributed by atoms with E-state index in [1.54, 1.807) is 12.1 Å². The molecule has 10 heteroatoms. The summed E-state index contributed by atoms with van der Waals surface area (Å²) in [5.74, 6) is -1.91. The molecule has 0 saturated heterocycles. The Kier molecular flexibility index (Phi) is 8.28. The third kappa shape index (κ3) is 7.55. The smallest absolute Gasteiger partial charge is 0.245 e. The van der Waals surface area contributed by atoms with Gasteiger partial charge in [0.05, 0.1) is 5.97 Å². The summed E-state index contributed by atoms with van der Waals surface area (Å²) in [6.45, 7) is 0. The molecule has 0 fully saturated rings. The zero-order valence-corrected chi connectivity index (χ0v) is 17.8. The van der Waals surface area contributed by atoms with Crippen LogP contribution in [0.5, 0.6) is 0 Å². The monoisotopic (exact) mass is 470 g/mol. The quantitative estimate of drug-likeness (QED) is 0.260. The molecule has 0 radical (unpaired) electrons. The van der Waals surface area contributed by atoms with Crippen molar-refractivity contribution in [3.05, 3.63) is 71.8 Å². The van der Waals surface area contributed by atoms with Gasteiger partial charge in [0, 0.05) is 17.3 Å². The second kappa shape index (κ2) is 10.5. The molecule has 0 saturated carbocycles. The zero-order chi connectivity index (χ0) is 21.4. The van der Waals surface area contributed by atoms with E-state index in [0.717, 1.165) is 5.56 Å². The van der Waals surface area contributed by atoms with E-state index in [1.165, 1.54) is 24.3 Å². The summed E-state index contributed by atoms with van der Waals surface area (Å²) in [5.41, 5.74) is 0.900. The van der Waals surface area contributed by atoms with E-state index in [2.05, 4.69) is 16.0 Å². The second-order valence-electron chi connectivity index (χ2n) is 5.66. The van der Waals surface area contributed by atoms with Gasteiger partial charge in [-0.2, -0.15) is 0 Å². The Balaban J connectivity index is 2.05. The van der Waals surface area contributed by atoms with E-state index in [0.29, 0.717) is 0 Å². The fraction of sp³-hybridized carbons (Fsp3) is 0.105. The first-order valence-electron chi connectivity index (χ1n) is 8.15. The molecule has 0 heterocycles. The molecule has 0 aliphatic carbocycles. The molecular weight excluding hydrogens is 457 g/mol. The van der Waals surface area contributed by atoms with Crippen LogP contribution in [0.15, 0.2) is 60.7 Å². The van der Waals surface area contributed by atoms with Gasteiger partial charge >= 0.3 is 0 Å². The highest BCUT2D eigenvalue weighted by molar-refractivity contribution is 7.80. The molecule has 0 aromatic heterocycles. The van der Waals surface area contributed by atoms with Crippen LogP contribution in [0.2, 0.25) is 0 Å². The van der Waals surface area contributed by atoms with Crippen molar-refractivity contribution in [3.63, 3.8) is 0 Å². The molecule has 1 amide bonds. The number of rotatable bonds is 6. The molecule has 2 aromatic carbocycles. The number of para-hydroxylation sites is 1. The minimum atomic E-state index is -1.95. The normalized spacial score (nSPS) is 12.2. The number of thiocarbonyl (C=S) groups is 1. The van der Waals surface area contributed by atoms with Crippen LogP contribution in [-0.4, -0.2) is 26.9 Å². The minimum Gasteiger partial charge on any atom is -0.545 e. The second-order valence-corrected chi connectivity index (χ2v) is 8.44. The molecule has 2 rings (SSSR count). The predicted octanol–water partition coefficient (Wildman–Crippen LogP) is 2.86. The van der Waals surface area contributed by atoms with Crippen LogP contribution in [0.1, 0.15) is 15.9 Å². The number of carboxylic acids is 1. The summed E-state index contributed by atoms with van der Waals surface area (Å²) in [7, 11) is 0. The number of amides is 1. The third-order valence-electron chi connectivity index (χ3n) is 3.51. The van der Waals surface area contributed by atoms with E-state index < -0.39 is 21.8 Å². The molecule has 6 nitrogen and oxygen atoms in total. The summed E-state index contributed by atoms with van der Waals surface area (Å²) < 4.78 is -1.95. The van der Waals surface area contributed by atoms with Crippen LogP contribution in [0.3, 0.4) is 0 Å². The van der Waals surface area contributed by atoms with Gasteiger partial charge in [0.2, 0.25) is 9.70 Å². The van der Waals surface area contributed by atoms with Crippen LogP contribution in [0.25, 0.3) is 6.08 Å². The van der Waals surface area contributed by atoms with Crippen LogP contribution < -0.4 is 21.1 Å². The average molecular weight is 472 g/mol. The zero-order valence-electron chi connectivity index (χ0n) is 14.7. The maximum absolute atomic E-state index is 12.2. The molecule has 2 aromatic rings. The first kappa shape index (κ1) is 23.0. The van der Waals surface area contributed by atoms with Gasteiger partial charge in [0.15, 0.2) is 5.11 Å². The lowest BCUT2D eigenvalue weighted by Gasteiger charge is -2.27. The summed E-state index contributed by atoms with van der Waals surface area (Å²) in [6, 6.07) is 15.1. The van der Waals surface area contributed by atoms with Crippen molar-refractivity contribution in [2.24, 2.45) is 0 Å². The lowest BCUT2D eigenvalue weighted by molar-refractivity contribution is -0.254. The number of aromatic carboxylic acids is 1. The number of benzene rings is 2. The average Bonchev–Trinajstić information content (AvgIpc) is 2.66. The van der Waals surface area contributed by atoms with Gasteiger partial charge in [-0.1, -0.05) is 83.3 Å². The Morgan fingerprint density at radius 1 is 1.00 bits per heavy atom. The Morgan fingerprint density at radius 2 is 1.62 bits per heavy atom. The Morgan fingerprint density at radius 3 is 2.24 bits per heavy atom. The van der Waals surface area contributed by atoms with Crippen LogP contribution in [-0.2, 0) is 4.79 Å². The largest absolute Gasteiger partial charge is 0.545 e. The molecular formula is C19H15Cl3N3O3S-. The summed E-state index contributed by atoms with van der Waals surface area (Å²) in [5, 5.41) is 18.9. The van der Waals surface area contributed by atoms with Crippen molar-refractivity contribution in [2.45, 2.75) is 9.96 Å². The highest BCUT2D eigenvalue weighted by atomic mass is 35.6.